The van der Waals surface area contributed by atoms with Crippen LogP contribution in [0.4, 0.5) is 13.2 Å². The first kappa shape index (κ1) is 18.8. The number of alkyl halides is 3. The van der Waals surface area contributed by atoms with E-state index in [2.05, 4.69) is 5.32 Å². The second-order valence-corrected chi connectivity index (χ2v) is 5.22. The number of likely N-dealkylation sites (N-methyl/N-ethyl adjacent to an activating group) is 1. The number of carbonyl (C=O) groups excluding carboxylic acids is 2. The minimum atomic E-state index is -4.58. The molecule has 23 heavy (non-hydrogen) atoms. The van der Waals surface area contributed by atoms with Gasteiger partial charge in [-0.25, -0.2) is 0 Å². The molecule has 0 radical (unpaired) electrons. The fourth-order valence-electron chi connectivity index (χ4n) is 1.83. The topological polar surface area (TPSA) is 58.6 Å². The second kappa shape index (κ2) is 7.34. The van der Waals surface area contributed by atoms with Crippen LogP contribution in [0.2, 0.25) is 0 Å². The minimum Gasteiger partial charge on any atom is -0.480 e. The normalized spacial score (nSPS) is 13.9. The molecule has 0 aromatic heterocycles. The van der Waals surface area contributed by atoms with Crippen molar-refractivity contribution in [2.45, 2.75) is 32.2 Å². The van der Waals surface area contributed by atoms with Crippen LogP contribution in [0.3, 0.4) is 0 Å². The molecule has 0 aliphatic carbocycles. The predicted molar refractivity (Wildman–Crippen MR) is 77.8 cm³/mol. The van der Waals surface area contributed by atoms with Crippen LogP contribution in [0.1, 0.15) is 19.4 Å². The summed E-state index contributed by atoms with van der Waals surface area (Å²) >= 11 is 0. The number of amides is 2. The Morgan fingerprint density at radius 2 is 1.74 bits per heavy atom. The van der Waals surface area contributed by atoms with Crippen molar-refractivity contribution >= 4 is 11.8 Å². The molecule has 0 saturated heterocycles. The molecule has 1 aromatic rings. The first-order chi connectivity index (χ1) is 10.5. The Bertz CT molecular complexity index is 573. The summed E-state index contributed by atoms with van der Waals surface area (Å²) in [5, 5.41) is 2.40. The highest BCUT2D eigenvalue weighted by molar-refractivity contribution is 5.88. The third-order valence-corrected chi connectivity index (χ3v) is 3.04. The SMILES string of the molecule is C[C@H](NC(=O)[C@H](C)Oc1ccccc1C(F)(F)F)C(=O)N(C)C. The Labute approximate surface area is 132 Å². The van der Waals surface area contributed by atoms with Crippen LogP contribution in [-0.2, 0) is 15.8 Å². The number of nitrogens with one attached hydrogen (secondary N) is 1. The van der Waals surface area contributed by atoms with E-state index in [0.29, 0.717) is 0 Å². The summed E-state index contributed by atoms with van der Waals surface area (Å²) in [6.07, 6.45) is -5.77. The summed E-state index contributed by atoms with van der Waals surface area (Å²) in [6, 6.07) is 3.83. The van der Waals surface area contributed by atoms with Gasteiger partial charge < -0.3 is 15.0 Å². The van der Waals surface area contributed by atoms with E-state index in [1.165, 1.54) is 45.0 Å². The fraction of sp³-hybridized carbons (Fsp3) is 0.467. The van der Waals surface area contributed by atoms with Gasteiger partial charge in [0.05, 0.1) is 5.56 Å². The molecule has 0 bridgehead atoms. The smallest absolute Gasteiger partial charge is 0.419 e. The van der Waals surface area contributed by atoms with E-state index in [9.17, 15) is 22.8 Å². The van der Waals surface area contributed by atoms with Gasteiger partial charge in [0.1, 0.15) is 11.8 Å². The van der Waals surface area contributed by atoms with Crippen molar-refractivity contribution in [3.8, 4) is 5.75 Å². The number of nitrogens with zero attached hydrogens (tertiary/aromatic N) is 1. The Morgan fingerprint density at radius 1 is 1.17 bits per heavy atom. The van der Waals surface area contributed by atoms with Gasteiger partial charge in [0, 0.05) is 14.1 Å². The van der Waals surface area contributed by atoms with Crippen LogP contribution in [0.15, 0.2) is 24.3 Å². The lowest BCUT2D eigenvalue weighted by atomic mass is 10.2. The van der Waals surface area contributed by atoms with Crippen molar-refractivity contribution in [1.82, 2.24) is 10.2 Å². The quantitative estimate of drug-likeness (QED) is 0.898. The average Bonchev–Trinajstić information content (AvgIpc) is 2.45. The monoisotopic (exact) mass is 332 g/mol. The molecule has 8 heteroatoms. The first-order valence-electron chi connectivity index (χ1n) is 6.88. The van der Waals surface area contributed by atoms with E-state index in [0.717, 1.165) is 12.1 Å². The number of rotatable bonds is 5. The van der Waals surface area contributed by atoms with Crippen LogP contribution in [-0.4, -0.2) is 43.0 Å². The molecule has 0 spiro atoms. The zero-order chi connectivity index (χ0) is 17.8. The van der Waals surface area contributed by atoms with Gasteiger partial charge in [-0.1, -0.05) is 12.1 Å². The van der Waals surface area contributed by atoms with E-state index in [-0.39, 0.29) is 5.91 Å². The van der Waals surface area contributed by atoms with Crippen LogP contribution >= 0.6 is 0 Å². The van der Waals surface area contributed by atoms with Crippen LogP contribution < -0.4 is 10.1 Å². The van der Waals surface area contributed by atoms with Gasteiger partial charge in [-0.2, -0.15) is 13.2 Å². The van der Waals surface area contributed by atoms with Crippen LogP contribution in [0.25, 0.3) is 0 Å². The molecule has 0 heterocycles. The van der Waals surface area contributed by atoms with Crippen molar-refractivity contribution in [1.29, 1.82) is 0 Å². The number of ether oxygens (including phenoxy) is 1. The molecule has 1 N–H and O–H groups in total. The number of hydrogen-bond acceptors (Lipinski definition) is 3. The summed E-state index contributed by atoms with van der Waals surface area (Å²) < 4.78 is 43.7. The summed E-state index contributed by atoms with van der Waals surface area (Å²) in [4.78, 5) is 24.9. The van der Waals surface area contributed by atoms with Gasteiger partial charge in [0.15, 0.2) is 6.10 Å². The van der Waals surface area contributed by atoms with Gasteiger partial charge in [-0.3, -0.25) is 9.59 Å². The van der Waals surface area contributed by atoms with E-state index < -0.39 is 35.5 Å². The fourth-order valence-corrected chi connectivity index (χ4v) is 1.83. The molecule has 0 unspecified atom stereocenters. The zero-order valence-electron chi connectivity index (χ0n) is 13.3. The summed E-state index contributed by atoms with van der Waals surface area (Å²) in [5.41, 5.74) is -0.961. The number of benzene rings is 1. The number of hydrogen-bond donors (Lipinski definition) is 1. The highest BCUT2D eigenvalue weighted by Crippen LogP contribution is 2.36. The third-order valence-electron chi connectivity index (χ3n) is 3.04. The Hall–Kier alpha value is -2.25. The highest BCUT2D eigenvalue weighted by atomic mass is 19.4. The van der Waals surface area contributed by atoms with E-state index in [1.54, 1.807) is 0 Å². The second-order valence-electron chi connectivity index (χ2n) is 5.22. The van der Waals surface area contributed by atoms with Crippen molar-refractivity contribution in [2.24, 2.45) is 0 Å². The summed E-state index contributed by atoms with van der Waals surface area (Å²) in [5.74, 6) is -1.44. The zero-order valence-corrected chi connectivity index (χ0v) is 13.3. The molecule has 0 fully saturated rings. The molecular weight excluding hydrogens is 313 g/mol. The van der Waals surface area contributed by atoms with Gasteiger partial charge in [0.25, 0.3) is 5.91 Å². The van der Waals surface area contributed by atoms with Crippen molar-refractivity contribution in [3.05, 3.63) is 29.8 Å². The maximum absolute atomic E-state index is 12.9. The minimum absolute atomic E-state index is 0.332. The summed E-state index contributed by atoms with van der Waals surface area (Å²) in [6.45, 7) is 2.80. The van der Waals surface area contributed by atoms with E-state index in [4.69, 9.17) is 4.74 Å². The molecule has 1 aromatic carbocycles. The van der Waals surface area contributed by atoms with Gasteiger partial charge in [-0.15, -0.1) is 0 Å². The molecular formula is C15H19F3N2O3. The van der Waals surface area contributed by atoms with E-state index in [1.807, 2.05) is 0 Å². The molecule has 2 atom stereocenters. The van der Waals surface area contributed by atoms with E-state index >= 15 is 0 Å². The first-order valence-corrected chi connectivity index (χ1v) is 6.88. The van der Waals surface area contributed by atoms with Crippen molar-refractivity contribution < 1.29 is 27.5 Å². The Morgan fingerprint density at radius 3 is 2.26 bits per heavy atom. The Balaban J connectivity index is 2.79. The number of para-hydroxylation sites is 1. The maximum atomic E-state index is 12.9. The predicted octanol–water partition coefficient (Wildman–Crippen LogP) is 2.07. The largest absolute Gasteiger partial charge is 0.480 e. The van der Waals surface area contributed by atoms with Gasteiger partial charge >= 0.3 is 6.18 Å². The van der Waals surface area contributed by atoms with Gasteiger partial charge in [-0.05, 0) is 26.0 Å². The standard InChI is InChI=1S/C15H19F3N2O3/c1-9(14(22)20(3)4)19-13(21)10(2)23-12-8-6-5-7-11(12)15(16,17)18/h5-10H,1-4H3,(H,19,21)/t9-,10-/m0/s1. The third kappa shape index (κ3) is 5.15. The lowest BCUT2D eigenvalue weighted by Gasteiger charge is -2.21. The van der Waals surface area contributed by atoms with Crippen LogP contribution in [0.5, 0.6) is 5.75 Å². The molecule has 1 rings (SSSR count). The molecule has 0 aliphatic rings. The number of halogens is 3. The summed E-state index contributed by atoms with van der Waals surface area (Å²) in [7, 11) is 3.06. The maximum Gasteiger partial charge on any atom is 0.419 e. The molecule has 128 valence electrons. The highest BCUT2D eigenvalue weighted by Gasteiger charge is 2.35. The molecule has 0 aliphatic heterocycles. The molecule has 0 saturated carbocycles. The molecule has 5 nitrogen and oxygen atoms in total. The number of carbonyl (C=O) groups is 2. The Kier molecular flexibility index (Phi) is 6.00. The average molecular weight is 332 g/mol. The van der Waals surface area contributed by atoms with Crippen molar-refractivity contribution in [2.75, 3.05) is 14.1 Å². The van der Waals surface area contributed by atoms with Crippen molar-refractivity contribution in [3.63, 3.8) is 0 Å². The van der Waals surface area contributed by atoms with Gasteiger partial charge in [0.2, 0.25) is 5.91 Å². The molecule has 2 amide bonds. The lowest BCUT2D eigenvalue weighted by Crippen LogP contribution is -2.48. The lowest BCUT2D eigenvalue weighted by molar-refractivity contribution is -0.141. The van der Waals surface area contributed by atoms with Crippen LogP contribution in [0, 0.1) is 0 Å².